The van der Waals surface area contributed by atoms with Crippen molar-refractivity contribution in [3.8, 4) is 0 Å². The van der Waals surface area contributed by atoms with Crippen LogP contribution < -0.4 is 11.1 Å². The summed E-state index contributed by atoms with van der Waals surface area (Å²) in [6.07, 6.45) is 0.955. The van der Waals surface area contributed by atoms with Crippen LogP contribution in [-0.4, -0.2) is 87.9 Å². The van der Waals surface area contributed by atoms with E-state index in [4.69, 9.17) is 10.5 Å². The summed E-state index contributed by atoms with van der Waals surface area (Å²) >= 11 is 0. The van der Waals surface area contributed by atoms with Crippen molar-refractivity contribution in [2.45, 2.75) is 76.3 Å². The van der Waals surface area contributed by atoms with E-state index >= 15 is 0 Å². The van der Waals surface area contributed by atoms with Gasteiger partial charge >= 0.3 is 6.09 Å². The molecule has 4 atom stereocenters. The number of carbonyl (C=O) groups is 4. The topological polar surface area (TPSA) is 125 Å². The summed E-state index contributed by atoms with van der Waals surface area (Å²) in [7, 11) is 0. The zero-order chi connectivity index (χ0) is 26.2. The van der Waals surface area contributed by atoms with E-state index in [9.17, 15) is 23.6 Å². The van der Waals surface area contributed by atoms with Crippen molar-refractivity contribution in [1.82, 2.24) is 20.0 Å². The number of piperazine rings is 1. The number of nitrogens with two attached hydrogens (primary N) is 1. The fraction of sp³-hybridized carbons (Fsp3) is 0.600. The first-order valence-corrected chi connectivity index (χ1v) is 12.3. The number of fused-ring (bicyclic) bond motifs is 2. The highest BCUT2D eigenvalue weighted by molar-refractivity contribution is 5.92. The third-order valence-electron chi connectivity index (χ3n) is 6.90. The van der Waals surface area contributed by atoms with Crippen LogP contribution in [0.3, 0.4) is 0 Å². The second kappa shape index (κ2) is 10.0. The number of benzene rings is 1. The number of nitrogens with one attached hydrogen (secondary N) is 1. The molecule has 2 bridgehead atoms. The van der Waals surface area contributed by atoms with Gasteiger partial charge in [-0.3, -0.25) is 19.3 Å². The Labute approximate surface area is 209 Å². The summed E-state index contributed by atoms with van der Waals surface area (Å²) in [6.45, 7) is 6.46. The average molecular weight is 504 g/mol. The van der Waals surface area contributed by atoms with E-state index in [-0.39, 0.29) is 24.3 Å². The Kier molecular flexibility index (Phi) is 7.21. The second-order valence-corrected chi connectivity index (χ2v) is 10.7. The van der Waals surface area contributed by atoms with Gasteiger partial charge in [0.25, 0.3) is 0 Å². The lowest BCUT2D eigenvalue weighted by Gasteiger charge is -2.36. The fourth-order valence-electron chi connectivity index (χ4n) is 5.37. The van der Waals surface area contributed by atoms with Gasteiger partial charge in [0, 0.05) is 32.2 Å². The van der Waals surface area contributed by atoms with Crippen LogP contribution >= 0.6 is 0 Å². The molecule has 3 heterocycles. The summed E-state index contributed by atoms with van der Waals surface area (Å²) in [5.74, 6) is -1.44. The molecule has 0 aliphatic carbocycles. The molecule has 1 aromatic rings. The third-order valence-corrected chi connectivity index (χ3v) is 6.90. The SMILES string of the molecule is CC(C)(C)OC(=O)NC(CN1C[C@@H]2C[C@H]1C(=O)N2Cc1cccc(F)c1)C(=O)N1CCCC1C(N)=O. The average Bonchev–Trinajstić information content (AvgIpc) is 3.48. The number of halogens is 1. The molecule has 3 N–H and O–H groups in total. The van der Waals surface area contributed by atoms with Crippen LogP contribution in [0.1, 0.15) is 45.6 Å². The number of alkyl carbamates (subject to hydrolysis) is 1. The van der Waals surface area contributed by atoms with Crippen molar-refractivity contribution >= 4 is 23.8 Å². The van der Waals surface area contributed by atoms with E-state index in [0.717, 1.165) is 0 Å². The first kappa shape index (κ1) is 25.9. The highest BCUT2D eigenvalue weighted by Gasteiger charge is 2.50. The van der Waals surface area contributed by atoms with Crippen LogP contribution in [0, 0.1) is 5.82 Å². The molecule has 3 fully saturated rings. The van der Waals surface area contributed by atoms with Gasteiger partial charge in [0.15, 0.2) is 0 Å². The number of hydrogen-bond acceptors (Lipinski definition) is 6. The Hall–Kier alpha value is -3.21. The van der Waals surface area contributed by atoms with E-state index in [1.54, 1.807) is 37.8 Å². The van der Waals surface area contributed by atoms with Gasteiger partial charge in [-0.2, -0.15) is 0 Å². The molecular weight excluding hydrogens is 469 g/mol. The first-order valence-electron chi connectivity index (χ1n) is 12.3. The fourth-order valence-corrected chi connectivity index (χ4v) is 5.37. The van der Waals surface area contributed by atoms with E-state index in [1.165, 1.54) is 17.0 Å². The Morgan fingerprint density at radius 2 is 2.03 bits per heavy atom. The van der Waals surface area contributed by atoms with Gasteiger partial charge in [-0.1, -0.05) is 12.1 Å². The predicted octanol–water partition coefficient (Wildman–Crippen LogP) is 0.980. The lowest BCUT2D eigenvalue weighted by atomic mass is 10.1. The number of rotatable bonds is 7. The van der Waals surface area contributed by atoms with Crippen molar-refractivity contribution in [1.29, 1.82) is 0 Å². The Bertz CT molecular complexity index is 1040. The van der Waals surface area contributed by atoms with Crippen molar-refractivity contribution in [2.75, 3.05) is 19.6 Å². The maximum atomic E-state index is 13.6. The lowest BCUT2D eigenvalue weighted by Crippen LogP contribution is -2.59. The maximum absolute atomic E-state index is 13.6. The lowest BCUT2D eigenvalue weighted by molar-refractivity contribution is -0.141. The molecule has 0 saturated carbocycles. The number of nitrogens with zero attached hydrogens (tertiary/aromatic N) is 3. The van der Waals surface area contributed by atoms with Crippen molar-refractivity contribution < 1.29 is 28.3 Å². The van der Waals surface area contributed by atoms with E-state index in [1.807, 2.05) is 4.90 Å². The first-order chi connectivity index (χ1) is 16.9. The van der Waals surface area contributed by atoms with Gasteiger partial charge < -0.3 is 25.6 Å². The normalized spacial score (nSPS) is 24.8. The van der Waals surface area contributed by atoms with E-state index in [2.05, 4.69) is 5.32 Å². The van der Waals surface area contributed by atoms with Crippen LogP contribution in [0.4, 0.5) is 9.18 Å². The number of ether oxygens (including phenoxy) is 1. The number of hydrogen-bond donors (Lipinski definition) is 2. The van der Waals surface area contributed by atoms with Crippen LogP contribution in [-0.2, 0) is 25.7 Å². The molecular formula is C25H34FN5O5. The van der Waals surface area contributed by atoms with Crippen LogP contribution in [0.25, 0.3) is 0 Å². The number of carbonyl (C=O) groups excluding carboxylic acids is 4. The Morgan fingerprint density at radius 1 is 1.28 bits per heavy atom. The molecule has 2 unspecified atom stereocenters. The molecule has 4 amide bonds. The second-order valence-electron chi connectivity index (χ2n) is 10.7. The van der Waals surface area contributed by atoms with Crippen molar-refractivity contribution in [3.05, 3.63) is 35.6 Å². The largest absolute Gasteiger partial charge is 0.444 e. The Morgan fingerprint density at radius 3 is 2.67 bits per heavy atom. The molecule has 3 aliphatic heterocycles. The van der Waals surface area contributed by atoms with Crippen LogP contribution in [0.5, 0.6) is 0 Å². The minimum absolute atomic E-state index is 0.0757. The smallest absolute Gasteiger partial charge is 0.408 e. The monoisotopic (exact) mass is 503 g/mol. The minimum atomic E-state index is -1.01. The highest BCUT2D eigenvalue weighted by Crippen LogP contribution is 2.33. The number of primary amides is 1. The number of amides is 4. The quantitative estimate of drug-likeness (QED) is 0.572. The van der Waals surface area contributed by atoms with Crippen LogP contribution in [0.2, 0.25) is 0 Å². The number of likely N-dealkylation sites (tertiary alicyclic amines) is 3. The van der Waals surface area contributed by atoms with Gasteiger partial charge in [0.05, 0.1) is 6.04 Å². The van der Waals surface area contributed by atoms with Gasteiger partial charge in [-0.15, -0.1) is 0 Å². The molecule has 4 rings (SSSR count). The van der Waals surface area contributed by atoms with Gasteiger partial charge in [0.1, 0.15) is 23.5 Å². The molecule has 196 valence electrons. The summed E-state index contributed by atoms with van der Waals surface area (Å²) in [4.78, 5) is 56.1. The maximum Gasteiger partial charge on any atom is 0.408 e. The molecule has 0 aromatic heterocycles. The summed E-state index contributed by atoms with van der Waals surface area (Å²) in [5.41, 5.74) is 5.45. The van der Waals surface area contributed by atoms with E-state index < -0.39 is 41.6 Å². The molecule has 11 heteroatoms. The van der Waals surface area contributed by atoms with Crippen molar-refractivity contribution in [3.63, 3.8) is 0 Å². The van der Waals surface area contributed by atoms with Gasteiger partial charge in [-0.25, -0.2) is 9.18 Å². The summed E-state index contributed by atoms with van der Waals surface area (Å²) < 4.78 is 19.0. The van der Waals surface area contributed by atoms with E-state index in [0.29, 0.717) is 44.5 Å². The standard InChI is InChI=1S/C25H34FN5O5/c1-25(2,3)36-24(35)28-18(22(33)30-9-5-8-19(30)21(27)32)14-29-13-17-11-20(29)23(34)31(17)12-15-6-4-7-16(26)10-15/h4,6-7,10,17-20H,5,8-9,11-14H2,1-3H3,(H2,27,32)(H,28,35)/t17-,18?,19?,20-/m0/s1. The molecule has 3 aliphatic rings. The van der Waals surface area contributed by atoms with Crippen molar-refractivity contribution in [2.24, 2.45) is 5.73 Å². The molecule has 36 heavy (non-hydrogen) atoms. The Balaban J connectivity index is 1.46. The molecule has 10 nitrogen and oxygen atoms in total. The molecule has 0 spiro atoms. The third kappa shape index (κ3) is 5.61. The zero-order valence-electron chi connectivity index (χ0n) is 20.9. The highest BCUT2D eigenvalue weighted by atomic mass is 19.1. The van der Waals surface area contributed by atoms with Gasteiger partial charge in [0.2, 0.25) is 17.7 Å². The summed E-state index contributed by atoms with van der Waals surface area (Å²) in [5, 5.41) is 2.66. The molecule has 0 radical (unpaired) electrons. The predicted molar refractivity (Wildman–Crippen MR) is 128 cm³/mol. The van der Waals surface area contributed by atoms with Gasteiger partial charge in [-0.05, 0) is 57.7 Å². The van der Waals surface area contributed by atoms with Crippen LogP contribution in [0.15, 0.2) is 24.3 Å². The zero-order valence-corrected chi connectivity index (χ0v) is 20.9. The summed E-state index contributed by atoms with van der Waals surface area (Å²) in [6, 6.07) is 3.93. The molecule has 1 aromatic carbocycles. The minimum Gasteiger partial charge on any atom is -0.444 e. The molecule has 3 saturated heterocycles.